The van der Waals surface area contributed by atoms with Crippen LogP contribution >= 0.6 is 11.6 Å². The summed E-state index contributed by atoms with van der Waals surface area (Å²) < 4.78 is 7.13. The lowest BCUT2D eigenvalue weighted by Gasteiger charge is -2.15. The van der Waals surface area contributed by atoms with Gasteiger partial charge in [-0.15, -0.1) is 0 Å². The summed E-state index contributed by atoms with van der Waals surface area (Å²) in [6.45, 7) is 0.351. The normalized spacial score (nSPS) is 15.6. The fourth-order valence-corrected chi connectivity index (χ4v) is 3.89. The van der Waals surface area contributed by atoms with Crippen molar-refractivity contribution in [2.75, 3.05) is 6.54 Å². The second-order valence-corrected chi connectivity index (χ2v) is 7.58. The van der Waals surface area contributed by atoms with Gasteiger partial charge in [-0.05, 0) is 25.0 Å². The zero-order valence-electron chi connectivity index (χ0n) is 15.6. The van der Waals surface area contributed by atoms with E-state index < -0.39 is 0 Å². The largest absolute Gasteiger partial charge is 0.360 e. The van der Waals surface area contributed by atoms with Crippen molar-refractivity contribution in [2.24, 2.45) is 7.05 Å². The minimum atomic E-state index is -0.260. The van der Waals surface area contributed by atoms with Crippen LogP contribution in [0.3, 0.4) is 0 Å². The Kier molecular flexibility index (Phi) is 5.43. The highest BCUT2D eigenvalue weighted by atomic mass is 35.5. The number of aromatic nitrogens is 4. The number of aryl methyl sites for hydroxylation is 1. The predicted octanol–water partition coefficient (Wildman–Crippen LogP) is 3.68. The third-order valence-electron chi connectivity index (χ3n) is 5.21. The van der Waals surface area contributed by atoms with Gasteiger partial charge in [0.15, 0.2) is 5.69 Å². The molecule has 0 aliphatic heterocycles. The van der Waals surface area contributed by atoms with Crippen LogP contribution in [0.25, 0.3) is 0 Å². The Morgan fingerprint density at radius 3 is 2.93 bits per heavy atom. The Hall–Kier alpha value is -2.67. The molecule has 28 heavy (non-hydrogen) atoms. The van der Waals surface area contributed by atoms with Crippen molar-refractivity contribution in [3.8, 4) is 0 Å². The number of nitrogens with zero attached hydrogens (tertiary/aromatic N) is 4. The molecule has 1 unspecified atom stereocenters. The van der Waals surface area contributed by atoms with Crippen LogP contribution in [0.4, 0.5) is 0 Å². The number of carbonyl (C=O) groups is 1. The zero-order chi connectivity index (χ0) is 19.5. The summed E-state index contributed by atoms with van der Waals surface area (Å²) in [5.74, 6) is 0.761. The molecular formula is C20H22ClN5O2. The standard InChI is InChI=1S/C20H22ClN5O2/c1-26-12-14(10-23-26)15(16-7-4-8-19(21)24-16)11-22-20(27)17-9-18(28-25-17)13-5-2-3-6-13/h4,7-10,12-13,15H,2-3,5-6,11H2,1H3,(H,22,27). The van der Waals surface area contributed by atoms with Crippen molar-refractivity contribution in [2.45, 2.75) is 37.5 Å². The highest BCUT2D eigenvalue weighted by Gasteiger charge is 2.24. The van der Waals surface area contributed by atoms with Crippen LogP contribution in [0.1, 0.15) is 65.0 Å². The third kappa shape index (κ3) is 4.09. The lowest BCUT2D eigenvalue weighted by molar-refractivity contribution is 0.0943. The summed E-state index contributed by atoms with van der Waals surface area (Å²) in [7, 11) is 1.85. The first-order chi connectivity index (χ1) is 13.6. The number of carbonyl (C=O) groups excluding carboxylic acids is 1. The van der Waals surface area contributed by atoms with Gasteiger partial charge >= 0.3 is 0 Å². The maximum absolute atomic E-state index is 12.6. The van der Waals surface area contributed by atoms with Gasteiger partial charge in [0, 0.05) is 43.3 Å². The molecule has 8 heteroatoms. The quantitative estimate of drug-likeness (QED) is 0.639. The molecule has 0 saturated heterocycles. The maximum Gasteiger partial charge on any atom is 0.273 e. The first kappa shape index (κ1) is 18.7. The van der Waals surface area contributed by atoms with Gasteiger partial charge in [-0.25, -0.2) is 4.98 Å². The summed E-state index contributed by atoms with van der Waals surface area (Å²) in [4.78, 5) is 17.0. The van der Waals surface area contributed by atoms with Crippen molar-refractivity contribution in [1.82, 2.24) is 25.2 Å². The molecule has 1 amide bonds. The van der Waals surface area contributed by atoms with Crippen LogP contribution in [0.5, 0.6) is 0 Å². The molecule has 0 aromatic carbocycles. The maximum atomic E-state index is 12.6. The number of rotatable bonds is 6. The van der Waals surface area contributed by atoms with Crippen molar-refractivity contribution in [3.05, 3.63) is 64.5 Å². The highest BCUT2D eigenvalue weighted by molar-refractivity contribution is 6.29. The SMILES string of the molecule is Cn1cc(C(CNC(=O)c2cc(C3CCCC3)on2)c2cccc(Cl)n2)cn1. The number of nitrogens with one attached hydrogen (secondary N) is 1. The van der Waals surface area contributed by atoms with Crippen LogP contribution in [0.15, 0.2) is 41.2 Å². The topological polar surface area (TPSA) is 85.8 Å². The molecule has 3 aromatic heterocycles. The van der Waals surface area contributed by atoms with E-state index in [-0.39, 0.29) is 11.8 Å². The van der Waals surface area contributed by atoms with Gasteiger partial charge in [-0.1, -0.05) is 35.7 Å². The molecule has 1 aliphatic rings. The Labute approximate surface area is 168 Å². The van der Waals surface area contributed by atoms with E-state index in [0.717, 1.165) is 29.9 Å². The highest BCUT2D eigenvalue weighted by Crippen LogP contribution is 2.34. The number of halogens is 1. The minimum absolute atomic E-state index is 0.169. The monoisotopic (exact) mass is 399 g/mol. The molecule has 1 atom stereocenters. The molecule has 7 nitrogen and oxygen atoms in total. The van der Waals surface area contributed by atoms with Gasteiger partial charge in [0.05, 0.1) is 11.9 Å². The molecule has 146 valence electrons. The van der Waals surface area contributed by atoms with Gasteiger partial charge < -0.3 is 9.84 Å². The molecule has 3 heterocycles. The summed E-state index contributed by atoms with van der Waals surface area (Å²) >= 11 is 6.06. The van der Waals surface area contributed by atoms with Crippen molar-refractivity contribution < 1.29 is 9.32 Å². The smallest absolute Gasteiger partial charge is 0.273 e. The summed E-state index contributed by atoms with van der Waals surface area (Å²) in [5.41, 5.74) is 2.03. The molecule has 3 aromatic rings. The van der Waals surface area contributed by atoms with Gasteiger partial charge in [-0.3, -0.25) is 9.48 Å². The second kappa shape index (κ2) is 8.14. The van der Waals surface area contributed by atoms with E-state index in [2.05, 4.69) is 20.6 Å². The lowest BCUT2D eigenvalue weighted by atomic mass is 9.98. The fourth-order valence-electron chi connectivity index (χ4n) is 3.72. The third-order valence-corrected chi connectivity index (χ3v) is 5.42. The van der Waals surface area contributed by atoms with Crippen LogP contribution in [0, 0.1) is 0 Å². The first-order valence-corrected chi connectivity index (χ1v) is 9.84. The van der Waals surface area contributed by atoms with Gasteiger partial charge in [-0.2, -0.15) is 5.10 Å². The molecule has 1 N–H and O–H groups in total. The number of hydrogen-bond acceptors (Lipinski definition) is 5. The Morgan fingerprint density at radius 1 is 1.39 bits per heavy atom. The molecule has 1 aliphatic carbocycles. The Balaban J connectivity index is 1.48. The Morgan fingerprint density at radius 2 is 2.21 bits per heavy atom. The van der Waals surface area contributed by atoms with E-state index in [4.69, 9.17) is 16.1 Å². The van der Waals surface area contributed by atoms with Gasteiger partial charge in [0.25, 0.3) is 5.91 Å². The molecule has 0 bridgehead atoms. The lowest BCUT2D eigenvalue weighted by Crippen LogP contribution is -2.29. The molecule has 1 fully saturated rings. The first-order valence-electron chi connectivity index (χ1n) is 9.46. The average molecular weight is 400 g/mol. The average Bonchev–Trinajstić information content (AvgIpc) is 3.43. The molecule has 4 rings (SSSR count). The van der Waals surface area contributed by atoms with Crippen LogP contribution in [-0.4, -0.2) is 32.4 Å². The van der Waals surface area contributed by atoms with E-state index in [0.29, 0.717) is 23.3 Å². The van der Waals surface area contributed by atoms with E-state index in [1.165, 1.54) is 12.8 Å². The zero-order valence-corrected chi connectivity index (χ0v) is 16.4. The molecule has 0 radical (unpaired) electrons. The van der Waals surface area contributed by atoms with Crippen LogP contribution in [0.2, 0.25) is 5.15 Å². The molecule has 0 spiro atoms. The molecular weight excluding hydrogens is 378 g/mol. The van der Waals surface area contributed by atoms with Gasteiger partial charge in [0.2, 0.25) is 0 Å². The summed E-state index contributed by atoms with van der Waals surface area (Å²) in [5, 5.41) is 11.6. The Bertz CT molecular complexity index is 961. The minimum Gasteiger partial charge on any atom is -0.360 e. The van der Waals surface area contributed by atoms with Crippen molar-refractivity contribution >= 4 is 17.5 Å². The van der Waals surface area contributed by atoms with E-state index in [1.54, 1.807) is 23.0 Å². The second-order valence-electron chi connectivity index (χ2n) is 7.19. The fraction of sp³-hybridized carbons (Fsp3) is 0.400. The number of pyridine rings is 1. The number of amides is 1. The van der Waals surface area contributed by atoms with E-state index in [1.807, 2.05) is 25.4 Å². The van der Waals surface area contributed by atoms with Gasteiger partial charge in [0.1, 0.15) is 10.9 Å². The molecule has 1 saturated carbocycles. The van der Waals surface area contributed by atoms with Crippen molar-refractivity contribution in [1.29, 1.82) is 0 Å². The summed E-state index contributed by atoms with van der Waals surface area (Å²) in [6.07, 6.45) is 8.28. The summed E-state index contributed by atoms with van der Waals surface area (Å²) in [6, 6.07) is 7.23. The predicted molar refractivity (Wildman–Crippen MR) is 104 cm³/mol. The van der Waals surface area contributed by atoms with Crippen LogP contribution < -0.4 is 5.32 Å². The van der Waals surface area contributed by atoms with Crippen LogP contribution in [-0.2, 0) is 7.05 Å². The number of hydrogen-bond donors (Lipinski definition) is 1. The van der Waals surface area contributed by atoms with Crippen molar-refractivity contribution in [3.63, 3.8) is 0 Å². The van der Waals surface area contributed by atoms with E-state index >= 15 is 0 Å². The van der Waals surface area contributed by atoms with E-state index in [9.17, 15) is 4.79 Å².